The molecule has 1 aliphatic heterocycles. The average molecular weight is 826 g/mol. The minimum atomic E-state index is -0.280. The van der Waals surface area contributed by atoms with E-state index >= 15 is 0 Å². The molecule has 0 saturated heterocycles. The topological polar surface area (TPSA) is 95.0 Å². The van der Waals surface area contributed by atoms with Crippen molar-refractivity contribution in [1.29, 1.82) is 0 Å². The molecule has 0 amide bonds. The molecule has 7 aromatic carbocycles. The highest BCUT2D eigenvalue weighted by molar-refractivity contribution is 5.91. The van der Waals surface area contributed by atoms with Crippen LogP contribution in [0, 0.1) is 0 Å². The van der Waals surface area contributed by atoms with Gasteiger partial charge in [0, 0.05) is 54.7 Å². The number of nitrogens with one attached hydrogen (secondary N) is 1. The smallest absolute Gasteiger partial charge is 0.0674 e. The number of aromatic nitrogens is 1. The van der Waals surface area contributed by atoms with Crippen LogP contribution in [0.3, 0.4) is 0 Å². The Morgan fingerprint density at radius 1 is 0.667 bits per heavy atom. The monoisotopic (exact) mass is 825 g/mol. The Morgan fingerprint density at radius 3 is 1.92 bits per heavy atom. The number of allylic oxidation sites excluding steroid dienone is 3. The van der Waals surface area contributed by atoms with Crippen molar-refractivity contribution in [3.05, 3.63) is 256 Å². The number of fused-ring (bicyclic) bond motifs is 7. The second-order valence-corrected chi connectivity index (χ2v) is 16.1. The first-order valence-electron chi connectivity index (χ1n) is 22.3. The first kappa shape index (κ1) is 42.9. The Morgan fingerprint density at radius 2 is 1.25 bits per heavy atom. The molecule has 2 heterocycles. The summed E-state index contributed by atoms with van der Waals surface area (Å²) in [5.41, 5.74) is 30.7. The van der Waals surface area contributed by atoms with Crippen LogP contribution in [0.2, 0.25) is 0 Å². The zero-order chi connectivity index (χ0) is 43.8. The van der Waals surface area contributed by atoms with Crippen molar-refractivity contribution < 1.29 is 0 Å². The summed E-state index contributed by atoms with van der Waals surface area (Å²) in [6, 6.07) is 65.7. The summed E-state index contributed by atoms with van der Waals surface area (Å²) >= 11 is 0. The molecule has 0 bridgehead atoms. The summed E-state index contributed by atoms with van der Waals surface area (Å²) in [7, 11) is 2.22. The Bertz CT molecular complexity index is 2830. The van der Waals surface area contributed by atoms with Gasteiger partial charge in [-0.3, -0.25) is 0 Å². The highest BCUT2D eigenvalue weighted by atomic mass is 15.0. The van der Waals surface area contributed by atoms with Crippen molar-refractivity contribution >= 4 is 27.8 Å². The second kappa shape index (κ2) is 19.5. The van der Waals surface area contributed by atoms with Crippen LogP contribution >= 0.6 is 0 Å². The van der Waals surface area contributed by atoms with Gasteiger partial charge in [0.2, 0.25) is 0 Å². The third-order valence-corrected chi connectivity index (χ3v) is 12.8. The standard InChI is InChI=1S/C32H25N.C23H22N2.C2H6.CH6N2/c1-33-30-19-11-9-17-25(30)27-20-26-24-16-8-10-18-28(24)32(29(26)21-31(27)33,22-12-4-2-5-13-22)23-14-6-3-7-15-23;24-23(18-8-2-1-3-9-18)22(21-11-6-14-25-16-21)20-13-12-17-7-4-5-10-19(17)15-20;1-2;2-1-3/h2-19,21,26H,20H2,1H3;1-15,22-23,25H,16,24H2;1-2H3;1-3H2. The predicted octanol–water partition coefficient (Wildman–Crippen LogP) is 11.8. The van der Waals surface area contributed by atoms with Gasteiger partial charge in [0.25, 0.3) is 0 Å². The number of benzene rings is 7. The molecule has 3 aliphatic rings. The zero-order valence-electron chi connectivity index (χ0n) is 36.7. The maximum absolute atomic E-state index is 6.75. The van der Waals surface area contributed by atoms with Crippen molar-refractivity contribution in [2.45, 2.75) is 43.6 Å². The molecule has 5 nitrogen and oxygen atoms in total. The van der Waals surface area contributed by atoms with Crippen molar-refractivity contribution in [3.63, 3.8) is 0 Å². The first-order chi connectivity index (χ1) is 31.0. The number of rotatable bonds is 6. The van der Waals surface area contributed by atoms with E-state index in [-0.39, 0.29) is 24.0 Å². The SMILES string of the molecule is CC.Cn1c2c(c3ccccc31)CC1C(=C2)C(c2ccccc2)(c2ccccc2)c2ccccc21.NC(c1ccccc1)C(C1=CC=CNC1)c1ccc2ccccc2c1.NCN. The number of aryl methyl sites for hydroxylation is 1. The van der Waals surface area contributed by atoms with Crippen LogP contribution in [0.5, 0.6) is 0 Å². The van der Waals surface area contributed by atoms with E-state index in [0.717, 1.165) is 18.5 Å². The van der Waals surface area contributed by atoms with E-state index in [1.807, 2.05) is 26.1 Å². The van der Waals surface area contributed by atoms with Gasteiger partial charge in [-0.2, -0.15) is 0 Å². The predicted molar refractivity (Wildman–Crippen MR) is 266 cm³/mol. The van der Waals surface area contributed by atoms with Gasteiger partial charge in [0.15, 0.2) is 0 Å². The molecular weight excluding hydrogens is 767 g/mol. The van der Waals surface area contributed by atoms with Crippen LogP contribution in [-0.4, -0.2) is 17.8 Å². The van der Waals surface area contributed by atoms with Crippen LogP contribution in [0.1, 0.15) is 76.4 Å². The van der Waals surface area contributed by atoms with Crippen molar-refractivity contribution in [1.82, 2.24) is 9.88 Å². The molecule has 3 atom stereocenters. The summed E-state index contributed by atoms with van der Waals surface area (Å²) in [5.74, 6) is 0.518. The van der Waals surface area contributed by atoms with Gasteiger partial charge in [-0.05, 0) is 91.7 Å². The molecule has 7 N–H and O–H groups in total. The van der Waals surface area contributed by atoms with E-state index < -0.39 is 0 Å². The summed E-state index contributed by atoms with van der Waals surface area (Å²) in [6.45, 7) is 5.08. The summed E-state index contributed by atoms with van der Waals surface area (Å²) < 4.78 is 2.39. The fourth-order valence-electron chi connectivity index (χ4n) is 10.2. The quantitative estimate of drug-likeness (QED) is 0.126. The number of para-hydroxylation sites is 1. The maximum atomic E-state index is 6.75. The third-order valence-electron chi connectivity index (χ3n) is 12.8. The van der Waals surface area contributed by atoms with Crippen LogP contribution in [0.15, 0.2) is 211 Å². The van der Waals surface area contributed by atoms with E-state index in [2.05, 4.69) is 223 Å². The van der Waals surface area contributed by atoms with Crippen LogP contribution in [0.25, 0.3) is 27.8 Å². The molecule has 3 unspecified atom stereocenters. The molecule has 0 spiro atoms. The van der Waals surface area contributed by atoms with Crippen molar-refractivity contribution in [3.8, 4) is 0 Å². The minimum Gasteiger partial charge on any atom is -0.387 e. The summed E-state index contributed by atoms with van der Waals surface area (Å²) in [5, 5.41) is 7.23. The molecule has 0 fully saturated rings. The fraction of sp³-hybridized carbons (Fsp3) is 0.172. The van der Waals surface area contributed by atoms with Crippen LogP contribution in [0.4, 0.5) is 0 Å². The molecule has 8 aromatic rings. The minimum absolute atomic E-state index is 0.0816. The molecule has 2 aliphatic carbocycles. The lowest BCUT2D eigenvalue weighted by atomic mass is 9.65. The van der Waals surface area contributed by atoms with Gasteiger partial charge >= 0.3 is 0 Å². The van der Waals surface area contributed by atoms with E-state index in [1.54, 1.807) is 0 Å². The number of hydrogen-bond donors (Lipinski definition) is 4. The van der Waals surface area contributed by atoms with Crippen molar-refractivity contribution in [2.75, 3.05) is 13.2 Å². The van der Waals surface area contributed by atoms with Gasteiger partial charge < -0.3 is 27.1 Å². The highest BCUT2D eigenvalue weighted by Gasteiger charge is 2.51. The number of hydrogen-bond acceptors (Lipinski definition) is 4. The summed E-state index contributed by atoms with van der Waals surface area (Å²) in [6.07, 6.45) is 9.79. The Labute approximate surface area is 373 Å². The lowest BCUT2D eigenvalue weighted by Gasteiger charge is -2.36. The molecule has 0 saturated carbocycles. The molecule has 1 aromatic heterocycles. The average Bonchev–Trinajstić information content (AvgIpc) is 3.81. The van der Waals surface area contributed by atoms with E-state index in [1.165, 1.54) is 71.9 Å². The molecule has 63 heavy (non-hydrogen) atoms. The second-order valence-electron chi connectivity index (χ2n) is 16.1. The highest BCUT2D eigenvalue weighted by Crippen LogP contribution is 2.60. The molecule has 5 heteroatoms. The first-order valence-corrected chi connectivity index (χ1v) is 22.3. The Balaban J connectivity index is 0.000000162. The lowest BCUT2D eigenvalue weighted by molar-refractivity contribution is 0.601. The van der Waals surface area contributed by atoms with E-state index in [4.69, 9.17) is 5.73 Å². The number of nitrogens with zero attached hydrogens (tertiary/aromatic N) is 1. The molecule has 316 valence electrons. The van der Waals surface area contributed by atoms with Crippen LogP contribution < -0.4 is 22.5 Å². The van der Waals surface area contributed by atoms with Crippen LogP contribution in [-0.2, 0) is 18.9 Å². The largest absolute Gasteiger partial charge is 0.387 e. The van der Waals surface area contributed by atoms with Gasteiger partial charge in [-0.1, -0.05) is 196 Å². The Hall–Kier alpha value is -6.76. The number of dihydropyridines is 1. The van der Waals surface area contributed by atoms with Gasteiger partial charge in [-0.25, -0.2) is 0 Å². The normalized spacial score (nSPS) is 16.1. The third kappa shape index (κ3) is 8.08. The molecule has 0 radical (unpaired) electrons. The fourth-order valence-corrected chi connectivity index (χ4v) is 10.2. The Kier molecular flexibility index (Phi) is 13.3. The van der Waals surface area contributed by atoms with Gasteiger partial charge in [0.05, 0.1) is 5.41 Å². The maximum Gasteiger partial charge on any atom is 0.0674 e. The van der Waals surface area contributed by atoms with E-state index in [0.29, 0.717) is 5.92 Å². The van der Waals surface area contributed by atoms with E-state index in [9.17, 15) is 0 Å². The molecule has 11 rings (SSSR count). The number of nitrogens with two attached hydrogens (primary N) is 3. The zero-order valence-corrected chi connectivity index (χ0v) is 36.7. The lowest BCUT2D eigenvalue weighted by Crippen LogP contribution is -2.30. The van der Waals surface area contributed by atoms with Gasteiger partial charge in [0.1, 0.15) is 0 Å². The van der Waals surface area contributed by atoms with Crippen molar-refractivity contribution in [2.24, 2.45) is 24.2 Å². The van der Waals surface area contributed by atoms with Gasteiger partial charge in [-0.15, -0.1) is 0 Å². The summed E-state index contributed by atoms with van der Waals surface area (Å²) in [4.78, 5) is 0. The molecular formula is C58H59N5.